The average molecular weight is 293 g/mol. The standard InChI is InChI=1S/C16H15N5O/c1-10-19-16(22-21-10)13-8-17-9-18-15(13)20-14-7-6-11-4-2-3-5-12(11)14/h2-5,8-9,14H,6-7H2,1H3,(H,17,18,20). The van der Waals surface area contributed by atoms with Gasteiger partial charge in [-0.1, -0.05) is 29.4 Å². The quantitative estimate of drug-likeness (QED) is 0.800. The molecule has 2 heterocycles. The van der Waals surface area contributed by atoms with Crippen LogP contribution in [0.5, 0.6) is 0 Å². The summed E-state index contributed by atoms with van der Waals surface area (Å²) in [5.41, 5.74) is 3.45. The molecule has 6 heteroatoms. The van der Waals surface area contributed by atoms with E-state index in [-0.39, 0.29) is 6.04 Å². The number of aryl methyl sites for hydroxylation is 2. The van der Waals surface area contributed by atoms with Gasteiger partial charge in [-0.25, -0.2) is 9.97 Å². The summed E-state index contributed by atoms with van der Waals surface area (Å²) in [7, 11) is 0. The van der Waals surface area contributed by atoms with Crippen LogP contribution in [0.4, 0.5) is 5.82 Å². The summed E-state index contributed by atoms with van der Waals surface area (Å²) in [6.45, 7) is 1.79. The van der Waals surface area contributed by atoms with Crippen LogP contribution in [-0.4, -0.2) is 20.1 Å². The molecular weight excluding hydrogens is 278 g/mol. The highest BCUT2D eigenvalue weighted by Crippen LogP contribution is 2.35. The van der Waals surface area contributed by atoms with Crippen molar-refractivity contribution < 1.29 is 4.52 Å². The van der Waals surface area contributed by atoms with Crippen LogP contribution in [0.15, 0.2) is 41.3 Å². The van der Waals surface area contributed by atoms with Gasteiger partial charge >= 0.3 is 0 Å². The Labute approximate surface area is 127 Å². The van der Waals surface area contributed by atoms with Gasteiger partial charge in [0.25, 0.3) is 5.89 Å². The van der Waals surface area contributed by atoms with Crippen molar-refractivity contribution in [3.8, 4) is 11.5 Å². The molecule has 1 aromatic carbocycles. The summed E-state index contributed by atoms with van der Waals surface area (Å²) in [5, 5.41) is 7.33. The Morgan fingerprint density at radius 1 is 1.27 bits per heavy atom. The second-order valence-electron chi connectivity index (χ2n) is 5.37. The monoisotopic (exact) mass is 293 g/mol. The van der Waals surface area contributed by atoms with E-state index in [4.69, 9.17) is 4.52 Å². The molecule has 6 nitrogen and oxygen atoms in total. The Hall–Kier alpha value is -2.76. The largest absolute Gasteiger partial charge is 0.362 e. The Morgan fingerprint density at radius 3 is 3.05 bits per heavy atom. The summed E-state index contributed by atoms with van der Waals surface area (Å²) in [4.78, 5) is 12.7. The van der Waals surface area contributed by atoms with E-state index in [1.165, 1.54) is 17.5 Å². The Kier molecular flexibility index (Phi) is 3.07. The molecule has 0 radical (unpaired) electrons. The van der Waals surface area contributed by atoms with Crippen molar-refractivity contribution >= 4 is 5.82 Å². The van der Waals surface area contributed by atoms with Crippen molar-refractivity contribution in [1.82, 2.24) is 20.1 Å². The first-order valence-corrected chi connectivity index (χ1v) is 7.26. The molecule has 1 atom stereocenters. The summed E-state index contributed by atoms with van der Waals surface area (Å²) in [5.74, 6) is 1.75. The van der Waals surface area contributed by atoms with Crippen LogP contribution < -0.4 is 5.32 Å². The molecule has 22 heavy (non-hydrogen) atoms. The smallest absolute Gasteiger partial charge is 0.263 e. The zero-order chi connectivity index (χ0) is 14.9. The summed E-state index contributed by atoms with van der Waals surface area (Å²) < 4.78 is 5.24. The van der Waals surface area contributed by atoms with Crippen LogP contribution >= 0.6 is 0 Å². The van der Waals surface area contributed by atoms with Crippen molar-refractivity contribution in [2.75, 3.05) is 5.32 Å². The molecule has 0 saturated heterocycles. The Morgan fingerprint density at radius 2 is 2.18 bits per heavy atom. The zero-order valence-electron chi connectivity index (χ0n) is 12.2. The van der Waals surface area contributed by atoms with Gasteiger partial charge in [0.05, 0.1) is 6.04 Å². The summed E-state index contributed by atoms with van der Waals surface area (Å²) in [6.07, 6.45) is 5.35. The minimum Gasteiger partial charge on any atom is -0.362 e. The molecule has 1 aliphatic rings. The van der Waals surface area contributed by atoms with Gasteiger partial charge < -0.3 is 9.84 Å². The van der Waals surface area contributed by atoms with Crippen molar-refractivity contribution in [2.24, 2.45) is 0 Å². The predicted octanol–water partition coefficient (Wildman–Crippen LogP) is 2.93. The van der Waals surface area contributed by atoms with E-state index < -0.39 is 0 Å². The minimum atomic E-state index is 0.244. The van der Waals surface area contributed by atoms with Gasteiger partial charge in [0.15, 0.2) is 5.82 Å². The topological polar surface area (TPSA) is 76.7 Å². The van der Waals surface area contributed by atoms with Gasteiger partial charge in [-0.3, -0.25) is 0 Å². The lowest BCUT2D eigenvalue weighted by atomic mass is 10.1. The highest BCUT2D eigenvalue weighted by atomic mass is 16.5. The molecule has 4 rings (SSSR count). The van der Waals surface area contributed by atoms with Gasteiger partial charge in [0.2, 0.25) is 0 Å². The molecule has 0 spiro atoms. The van der Waals surface area contributed by atoms with Gasteiger partial charge in [0.1, 0.15) is 17.7 Å². The molecule has 1 unspecified atom stereocenters. The van der Waals surface area contributed by atoms with Crippen LogP contribution in [0.3, 0.4) is 0 Å². The number of hydrogen-bond donors (Lipinski definition) is 1. The lowest BCUT2D eigenvalue weighted by Crippen LogP contribution is -2.09. The van der Waals surface area contributed by atoms with Gasteiger partial charge in [-0.2, -0.15) is 4.98 Å². The second kappa shape index (κ2) is 5.22. The first kappa shape index (κ1) is 12.9. The normalized spacial score (nSPS) is 16.5. The first-order chi connectivity index (χ1) is 10.8. The SMILES string of the molecule is Cc1noc(-c2cncnc2NC2CCc3ccccc32)n1. The van der Waals surface area contributed by atoms with Crippen molar-refractivity contribution in [3.63, 3.8) is 0 Å². The van der Waals surface area contributed by atoms with Gasteiger partial charge in [-0.15, -0.1) is 0 Å². The number of fused-ring (bicyclic) bond motifs is 1. The van der Waals surface area contributed by atoms with Crippen molar-refractivity contribution in [1.29, 1.82) is 0 Å². The third kappa shape index (κ3) is 2.22. The molecule has 0 aliphatic heterocycles. The number of benzene rings is 1. The maximum Gasteiger partial charge on any atom is 0.263 e. The minimum absolute atomic E-state index is 0.244. The number of rotatable bonds is 3. The third-order valence-corrected chi connectivity index (χ3v) is 3.91. The lowest BCUT2D eigenvalue weighted by molar-refractivity contribution is 0.425. The average Bonchev–Trinajstić information content (AvgIpc) is 3.15. The highest BCUT2D eigenvalue weighted by molar-refractivity contribution is 5.68. The number of aromatic nitrogens is 4. The van der Waals surface area contributed by atoms with Crippen LogP contribution in [0, 0.1) is 6.92 Å². The fourth-order valence-corrected chi connectivity index (χ4v) is 2.88. The Balaban J connectivity index is 1.67. The van der Waals surface area contributed by atoms with E-state index in [0.29, 0.717) is 11.7 Å². The molecule has 0 fully saturated rings. The molecule has 0 amide bonds. The molecule has 2 aromatic heterocycles. The van der Waals surface area contributed by atoms with E-state index in [9.17, 15) is 0 Å². The molecule has 1 N–H and O–H groups in total. The van der Waals surface area contributed by atoms with E-state index >= 15 is 0 Å². The van der Waals surface area contributed by atoms with E-state index in [1.54, 1.807) is 13.1 Å². The first-order valence-electron chi connectivity index (χ1n) is 7.26. The fourth-order valence-electron chi connectivity index (χ4n) is 2.88. The van der Waals surface area contributed by atoms with Crippen molar-refractivity contribution in [3.05, 3.63) is 53.7 Å². The van der Waals surface area contributed by atoms with Crippen LogP contribution in [0.2, 0.25) is 0 Å². The number of nitrogens with one attached hydrogen (secondary N) is 1. The third-order valence-electron chi connectivity index (χ3n) is 3.91. The van der Waals surface area contributed by atoms with Gasteiger partial charge in [-0.05, 0) is 30.9 Å². The number of anilines is 1. The van der Waals surface area contributed by atoms with E-state index in [0.717, 1.165) is 24.2 Å². The second-order valence-corrected chi connectivity index (χ2v) is 5.37. The predicted molar refractivity (Wildman–Crippen MR) is 81.2 cm³/mol. The molecule has 1 aliphatic carbocycles. The van der Waals surface area contributed by atoms with E-state index in [1.807, 2.05) is 0 Å². The van der Waals surface area contributed by atoms with Crippen LogP contribution in [0.1, 0.15) is 29.4 Å². The molecular formula is C16H15N5O. The Bertz CT molecular complexity index is 814. The van der Waals surface area contributed by atoms with E-state index in [2.05, 4.69) is 49.7 Å². The maximum atomic E-state index is 5.24. The molecule has 110 valence electrons. The molecule has 3 aromatic rings. The fraction of sp³-hybridized carbons (Fsp3) is 0.250. The summed E-state index contributed by atoms with van der Waals surface area (Å²) in [6, 6.07) is 8.74. The number of hydrogen-bond acceptors (Lipinski definition) is 6. The van der Waals surface area contributed by atoms with Crippen LogP contribution in [0.25, 0.3) is 11.5 Å². The summed E-state index contributed by atoms with van der Waals surface area (Å²) >= 11 is 0. The van der Waals surface area contributed by atoms with Crippen molar-refractivity contribution in [2.45, 2.75) is 25.8 Å². The maximum absolute atomic E-state index is 5.24. The highest BCUT2D eigenvalue weighted by Gasteiger charge is 2.24. The van der Waals surface area contributed by atoms with Crippen LogP contribution in [-0.2, 0) is 6.42 Å². The molecule has 0 bridgehead atoms. The molecule has 0 saturated carbocycles. The van der Waals surface area contributed by atoms with Gasteiger partial charge in [0, 0.05) is 6.20 Å². The lowest BCUT2D eigenvalue weighted by Gasteiger charge is -2.15. The zero-order valence-corrected chi connectivity index (χ0v) is 12.2. The number of nitrogens with zero attached hydrogens (tertiary/aromatic N) is 4.